The summed E-state index contributed by atoms with van der Waals surface area (Å²) in [6.07, 6.45) is 3.90. The van der Waals surface area contributed by atoms with Gasteiger partial charge in [0.1, 0.15) is 5.82 Å². The molecular formula is C17H19N3O. The van der Waals surface area contributed by atoms with Gasteiger partial charge in [-0.05, 0) is 43.5 Å². The Bertz CT molecular complexity index is 654. The first-order chi connectivity index (χ1) is 10.3. The van der Waals surface area contributed by atoms with Crippen molar-refractivity contribution in [1.82, 2.24) is 10.3 Å². The molecule has 0 aliphatic carbocycles. The quantitative estimate of drug-likeness (QED) is 0.941. The maximum absolute atomic E-state index is 12.2. The van der Waals surface area contributed by atoms with E-state index in [2.05, 4.69) is 33.4 Å². The highest BCUT2D eigenvalue weighted by molar-refractivity contribution is 5.99. The van der Waals surface area contributed by atoms with Gasteiger partial charge in [-0.2, -0.15) is 0 Å². The van der Waals surface area contributed by atoms with Gasteiger partial charge in [0.05, 0.1) is 5.56 Å². The van der Waals surface area contributed by atoms with Crippen molar-refractivity contribution < 1.29 is 4.79 Å². The van der Waals surface area contributed by atoms with Gasteiger partial charge in [-0.15, -0.1) is 0 Å². The van der Waals surface area contributed by atoms with Crippen molar-refractivity contribution in [3.05, 3.63) is 53.7 Å². The summed E-state index contributed by atoms with van der Waals surface area (Å²) in [6, 6.07) is 12.0. The Morgan fingerprint density at radius 2 is 2.14 bits per heavy atom. The number of aromatic nitrogens is 1. The van der Waals surface area contributed by atoms with E-state index in [1.54, 1.807) is 6.20 Å². The highest BCUT2D eigenvalue weighted by Gasteiger charge is 2.23. The van der Waals surface area contributed by atoms with Crippen LogP contribution in [-0.4, -0.2) is 24.0 Å². The Kier molecular flexibility index (Phi) is 3.86. The first-order valence-corrected chi connectivity index (χ1v) is 7.40. The number of nitrogens with one attached hydrogen (secondary N) is 1. The number of carbonyl (C=O) groups is 1. The third kappa shape index (κ3) is 2.61. The predicted molar refractivity (Wildman–Crippen MR) is 84.0 cm³/mol. The maximum Gasteiger partial charge on any atom is 0.255 e. The van der Waals surface area contributed by atoms with Crippen LogP contribution in [0.5, 0.6) is 0 Å². The molecule has 2 aromatic rings. The summed E-state index contributed by atoms with van der Waals surface area (Å²) in [5.74, 6) is 0.680. The first kappa shape index (κ1) is 13.6. The normalized spacial score (nSPS) is 13.7. The first-order valence-electron chi connectivity index (χ1n) is 7.40. The van der Waals surface area contributed by atoms with Crippen LogP contribution in [-0.2, 0) is 6.42 Å². The van der Waals surface area contributed by atoms with E-state index in [4.69, 9.17) is 0 Å². The summed E-state index contributed by atoms with van der Waals surface area (Å²) in [5.41, 5.74) is 3.11. The van der Waals surface area contributed by atoms with Crippen molar-refractivity contribution in [3.63, 3.8) is 0 Å². The molecule has 1 amide bonds. The zero-order valence-electron chi connectivity index (χ0n) is 12.2. The average Bonchev–Trinajstić information content (AvgIpc) is 2.54. The minimum atomic E-state index is -0.0661. The van der Waals surface area contributed by atoms with Gasteiger partial charge in [0.15, 0.2) is 0 Å². The molecule has 1 aliphatic rings. The summed E-state index contributed by atoms with van der Waals surface area (Å²) in [7, 11) is 0. The van der Waals surface area contributed by atoms with Crippen LogP contribution in [0.15, 0.2) is 42.6 Å². The Morgan fingerprint density at radius 3 is 3.00 bits per heavy atom. The smallest absolute Gasteiger partial charge is 0.255 e. The highest BCUT2D eigenvalue weighted by atomic mass is 16.1. The van der Waals surface area contributed by atoms with Crippen molar-refractivity contribution in [2.45, 2.75) is 19.8 Å². The highest BCUT2D eigenvalue weighted by Crippen LogP contribution is 2.33. The van der Waals surface area contributed by atoms with E-state index in [0.29, 0.717) is 12.1 Å². The Hall–Kier alpha value is -2.36. The number of fused-ring (bicyclic) bond motifs is 1. The molecule has 4 nitrogen and oxygen atoms in total. The van der Waals surface area contributed by atoms with Crippen LogP contribution in [0.2, 0.25) is 0 Å². The molecule has 0 unspecified atom stereocenters. The third-order valence-electron chi connectivity index (χ3n) is 3.73. The van der Waals surface area contributed by atoms with Gasteiger partial charge >= 0.3 is 0 Å². The van der Waals surface area contributed by atoms with E-state index in [-0.39, 0.29) is 5.91 Å². The number of para-hydroxylation sites is 1. The lowest BCUT2D eigenvalue weighted by atomic mass is 10.0. The lowest BCUT2D eigenvalue weighted by Crippen LogP contribution is -2.30. The van der Waals surface area contributed by atoms with Crippen LogP contribution in [0.4, 0.5) is 11.5 Å². The molecule has 4 heteroatoms. The fourth-order valence-corrected chi connectivity index (χ4v) is 2.80. The number of anilines is 2. The van der Waals surface area contributed by atoms with E-state index in [1.807, 2.05) is 25.1 Å². The Labute approximate surface area is 124 Å². The van der Waals surface area contributed by atoms with E-state index in [9.17, 15) is 4.79 Å². The number of carbonyl (C=O) groups excluding carboxylic acids is 1. The third-order valence-corrected chi connectivity index (χ3v) is 3.73. The van der Waals surface area contributed by atoms with Gasteiger partial charge in [0.25, 0.3) is 5.91 Å². The lowest BCUT2D eigenvalue weighted by Gasteiger charge is -2.31. The summed E-state index contributed by atoms with van der Waals surface area (Å²) in [4.78, 5) is 18.9. The summed E-state index contributed by atoms with van der Waals surface area (Å²) < 4.78 is 0. The number of hydrogen-bond acceptors (Lipinski definition) is 3. The molecule has 21 heavy (non-hydrogen) atoms. The number of nitrogens with zero attached hydrogens (tertiary/aromatic N) is 2. The second-order valence-electron chi connectivity index (χ2n) is 5.12. The zero-order valence-corrected chi connectivity index (χ0v) is 12.2. The molecule has 1 aromatic heterocycles. The van der Waals surface area contributed by atoms with Crippen LogP contribution in [0.25, 0.3) is 0 Å². The molecule has 1 aromatic carbocycles. The fraction of sp³-hybridized carbons (Fsp3) is 0.294. The molecule has 0 spiro atoms. The number of benzene rings is 1. The average molecular weight is 281 g/mol. The Balaban J connectivity index is 2.04. The number of hydrogen-bond donors (Lipinski definition) is 1. The van der Waals surface area contributed by atoms with Crippen LogP contribution in [0.3, 0.4) is 0 Å². The van der Waals surface area contributed by atoms with Crippen molar-refractivity contribution in [1.29, 1.82) is 0 Å². The molecule has 0 radical (unpaired) electrons. The largest absolute Gasteiger partial charge is 0.352 e. The molecule has 0 atom stereocenters. The van der Waals surface area contributed by atoms with E-state index >= 15 is 0 Å². The number of amides is 1. The maximum atomic E-state index is 12.2. The molecule has 0 bridgehead atoms. The summed E-state index contributed by atoms with van der Waals surface area (Å²) in [6.45, 7) is 3.42. The number of aryl methyl sites for hydroxylation is 1. The van der Waals surface area contributed by atoms with Crippen LogP contribution in [0.1, 0.15) is 29.3 Å². The molecule has 0 saturated carbocycles. The standard InChI is InChI=1S/C17H19N3O/c1-2-18-17(21)14-9-5-11-19-16(14)20-12-6-8-13-7-3-4-10-15(13)20/h3-5,7,9-11H,2,6,8,12H2,1H3,(H,18,21). The molecule has 1 N–H and O–H groups in total. The monoisotopic (exact) mass is 281 g/mol. The van der Waals surface area contributed by atoms with Gasteiger partial charge in [-0.25, -0.2) is 4.98 Å². The van der Waals surface area contributed by atoms with Crippen LogP contribution in [0, 0.1) is 0 Å². The molecule has 108 valence electrons. The molecule has 1 aliphatic heterocycles. The van der Waals surface area contributed by atoms with Crippen molar-refractivity contribution in [2.24, 2.45) is 0 Å². The molecule has 0 saturated heterocycles. The second kappa shape index (κ2) is 5.95. The number of rotatable bonds is 3. The minimum Gasteiger partial charge on any atom is -0.352 e. The molecule has 2 heterocycles. The molecule has 0 fully saturated rings. The Morgan fingerprint density at radius 1 is 1.29 bits per heavy atom. The van der Waals surface area contributed by atoms with Crippen molar-refractivity contribution in [2.75, 3.05) is 18.0 Å². The van der Waals surface area contributed by atoms with Crippen LogP contribution < -0.4 is 10.2 Å². The lowest BCUT2D eigenvalue weighted by molar-refractivity contribution is 0.0956. The summed E-state index contributed by atoms with van der Waals surface area (Å²) in [5, 5.41) is 2.86. The van der Waals surface area contributed by atoms with E-state index in [0.717, 1.165) is 30.9 Å². The van der Waals surface area contributed by atoms with Gasteiger partial charge < -0.3 is 10.2 Å². The van der Waals surface area contributed by atoms with Crippen molar-refractivity contribution in [3.8, 4) is 0 Å². The predicted octanol–water partition coefficient (Wildman–Crippen LogP) is 2.92. The fourth-order valence-electron chi connectivity index (χ4n) is 2.80. The van der Waals surface area contributed by atoms with Gasteiger partial charge in [0.2, 0.25) is 0 Å². The van der Waals surface area contributed by atoms with E-state index < -0.39 is 0 Å². The number of pyridine rings is 1. The van der Waals surface area contributed by atoms with Gasteiger partial charge in [-0.1, -0.05) is 18.2 Å². The minimum absolute atomic E-state index is 0.0661. The SMILES string of the molecule is CCNC(=O)c1cccnc1N1CCCc2ccccc21. The zero-order chi connectivity index (χ0) is 14.7. The van der Waals surface area contributed by atoms with E-state index in [1.165, 1.54) is 5.56 Å². The van der Waals surface area contributed by atoms with Crippen molar-refractivity contribution >= 4 is 17.4 Å². The van der Waals surface area contributed by atoms with Crippen LogP contribution >= 0.6 is 0 Å². The van der Waals surface area contributed by atoms with Gasteiger partial charge in [0, 0.05) is 25.0 Å². The topological polar surface area (TPSA) is 45.2 Å². The van der Waals surface area contributed by atoms with Gasteiger partial charge in [-0.3, -0.25) is 4.79 Å². The second-order valence-corrected chi connectivity index (χ2v) is 5.12. The summed E-state index contributed by atoms with van der Waals surface area (Å²) >= 11 is 0. The molecule has 3 rings (SSSR count). The molecular weight excluding hydrogens is 262 g/mol.